The van der Waals surface area contributed by atoms with Crippen LogP contribution in [0.25, 0.3) is 0 Å². The molecular weight excluding hydrogens is 320 g/mol. The fraction of sp³-hybridized carbons (Fsp3) is 0.611. The van der Waals surface area contributed by atoms with Crippen LogP contribution in [0.2, 0.25) is 0 Å². The van der Waals surface area contributed by atoms with Crippen molar-refractivity contribution in [2.45, 2.75) is 52.3 Å². The van der Waals surface area contributed by atoms with E-state index < -0.39 is 0 Å². The summed E-state index contributed by atoms with van der Waals surface area (Å²) >= 11 is 0. The summed E-state index contributed by atoms with van der Waals surface area (Å²) in [6, 6.07) is 1.86. The Morgan fingerprint density at radius 3 is 2.92 bits per heavy atom. The SMILES string of the molecule is Cc1ccoc1C(=O)N1CCn2c(COCC3CC3)nnc2CC1C. The lowest BCUT2D eigenvalue weighted by atomic mass is 10.1. The third-order valence-corrected chi connectivity index (χ3v) is 5.08. The number of amides is 1. The van der Waals surface area contributed by atoms with Crippen LogP contribution in [-0.4, -0.2) is 44.8 Å². The Morgan fingerprint density at radius 2 is 2.20 bits per heavy atom. The first-order valence-corrected chi connectivity index (χ1v) is 8.97. The van der Waals surface area contributed by atoms with Crippen molar-refractivity contribution in [1.29, 1.82) is 0 Å². The third-order valence-electron chi connectivity index (χ3n) is 5.08. The summed E-state index contributed by atoms with van der Waals surface area (Å²) < 4.78 is 13.3. The summed E-state index contributed by atoms with van der Waals surface area (Å²) in [7, 11) is 0. The van der Waals surface area contributed by atoms with Gasteiger partial charge in [-0.15, -0.1) is 10.2 Å². The largest absolute Gasteiger partial charge is 0.459 e. The van der Waals surface area contributed by atoms with E-state index in [-0.39, 0.29) is 11.9 Å². The van der Waals surface area contributed by atoms with Gasteiger partial charge in [0.05, 0.1) is 6.26 Å². The molecule has 2 aromatic heterocycles. The maximum absolute atomic E-state index is 12.8. The van der Waals surface area contributed by atoms with Crippen LogP contribution >= 0.6 is 0 Å². The van der Waals surface area contributed by atoms with Crippen molar-refractivity contribution in [3.05, 3.63) is 35.3 Å². The molecule has 1 aliphatic carbocycles. The number of aryl methyl sites for hydroxylation is 1. The van der Waals surface area contributed by atoms with Crippen molar-refractivity contribution >= 4 is 5.91 Å². The molecule has 0 N–H and O–H groups in total. The zero-order valence-corrected chi connectivity index (χ0v) is 14.8. The maximum Gasteiger partial charge on any atom is 0.290 e. The Labute approximate surface area is 147 Å². The smallest absolute Gasteiger partial charge is 0.290 e. The molecule has 1 saturated carbocycles. The predicted molar refractivity (Wildman–Crippen MR) is 90.0 cm³/mol. The van der Waals surface area contributed by atoms with E-state index >= 15 is 0 Å². The molecular formula is C18H24N4O3. The predicted octanol–water partition coefficient (Wildman–Crippen LogP) is 2.19. The minimum absolute atomic E-state index is 0.0442. The van der Waals surface area contributed by atoms with E-state index in [1.54, 1.807) is 6.26 Å². The molecule has 7 heteroatoms. The van der Waals surface area contributed by atoms with Gasteiger partial charge < -0.3 is 18.6 Å². The highest BCUT2D eigenvalue weighted by atomic mass is 16.5. The average molecular weight is 344 g/mol. The number of hydrogen-bond acceptors (Lipinski definition) is 5. The lowest BCUT2D eigenvalue weighted by Gasteiger charge is -2.26. The molecule has 1 atom stereocenters. The fourth-order valence-corrected chi connectivity index (χ4v) is 3.32. The second-order valence-corrected chi connectivity index (χ2v) is 7.13. The van der Waals surface area contributed by atoms with Gasteiger partial charge in [0.15, 0.2) is 11.6 Å². The number of furan rings is 1. The highest BCUT2D eigenvalue weighted by Gasteiger charge is 2.30. The van der Waals surface area contributed by atoms with Crippen LogP contribution in [0.3, 0.4) is 0 Å². The van der Waals surface area contributed by atoms with E-state index in [9.17, 15) is 4.79 Å². The average Bonchev–Trinajstić information content (AvgIpc) is 3.24. The molecule has 1 unspecified atom stereocenters. The van der Waals surface area contributed by atoms with Crippen molar-refractivity contribution in [3.8, 4) is 0 Å². The summed E-state index contributed by atoms with van der Waals surface area (Å²) in [6.45, 7) is 6.53. The molecule has 1 fully saturated rings. The fourth-order valence-electron chi connectivity index (χ4n) is 3.32. The summed E-state index contributed by atoms with van der Waals surface area (Å²) in [6.07, 6.45) is 4.80. The van der Waals surface area contributed by atoms with Gasteiger partial charge in [-0.05, 0) is 38.7 Å². The zero-order chi connectivity index (χ0) is 17.4. The number of aromatic nitrogens is 3. The van der Waals surface area contributed by atoms with Crippen molar-refractivity contribution in [3.63, 3.8) is 0 Å². The first-order valence-electron chi connectivity index (χ1n) is 8.97. The molecule has 0 bridgehead atoms. The van der Waals surface area contributed by atoms with Crippen LogP contribution in [0, 0.1) is 12.8 Å². The lowest BCUT2D eigenvalue weighted by Crippen LogP contribution is -2.40. The second-order valence-electron chi connectivity index (χ2n) is 7.13. The Balaban J connectivity index is 1.46. The molecule has 2 aromatic rings. The first kappa shape index (κ1) is 16.3. The van der Waals surface area contributed by atoms with Gasteiger partial charge >= 0.3 is 0 Å². The number of fused-ring (bicyclic) bond motifs is 1. The molecule has 1 aliphatic heterocycles. The van der Waals surface area contributed by atoms with Crippen LogP contribution in [0.15, 0.2) is 16.7 Å². The summed E-state index contributed by atoms with van der Waals surface area (Å²) in [5.74, 6) is 2.88. The molecule has 2 aliphatic rings. The molecule has 7 nitrogen and oxygen atoms in total. The summed E-state index contributed by atoms with van der Waals surface area (Å²) in [5, 5.41) is 8.62. The number of rotatable bonds is 5. The Bertz CT molecular complexity index is 762. The molecule has 0 saturated heterocycles. The van der Waals surface area contributed by atoms with Gasteiger partial charge in [-0.1, -0.05) is 0 Å². The monoisotopic (exact) mass is 344 g/mol. The van der Waals surface area contributed by atoms with Gasteiger partial charge in [0.1, 0.15) is 12.4 Å². The highest BCUT2D eigenvalue weighted by Crippen LogP contribution is 2.29. The summed E-state index contributed by atoms with van der Waals surface area (Å²) in [4.78, 5) is 14.7. The number of carbonyl (C=O) groups is 1. The quantitative estimate of drug-likeness (QED) is 0.831. The molecule has 4 rings (SSSR count). The molecule has 3 heterocycles. The highest BCUT2D eigenvalue weighted by molar-refractivity contribution is 5.93. The zero-order valence-electron chi connectivity index (χ0n) is 14.8. The standard InChI is InChI=1S/C18H24N4O3/c1-12-5-8-25-17(12)18(23)21-6-7-22-15(9-13(21)2)19-20-16(22)11-24-10-14-3-4-14/h5,8,13-14H,3-4,6-7,9-11H2,1-2H3. The first-order chi connectivity index (χ1) is 12.1. The number of nitrogens with zero attached hydrogens (tertiary/aromatic N) is 4. The Hall–Kier alpha value is -2.15. The Morgan fingerprint density at radius 1 is 1.36 bits per heavy atom. The molecule has 1 amide bonds. The van der Waals surface area contributed by atoms with Crippen molar-refractivity contribution in [1.82, 2.24) is 19.7 Å². The lowest BCUT2D eigenvalue weighted by molar-refractivity contribution is 0.0660. The van der Waals surface area contributed by atoms with Crippen molar-refractivity contribution in [2.24, 2.45) is 5.92 Å². The second kappa shape index (κ2) is 6.63. The van der Waals surface area contributed by atoms with E-state index in [1.165, 1.54) is 12.8 Å². The van der Waals surface area contributed by atoms with E-state index in [4.69, 9.17) is 9.15 Å². The minimum Gasteiger partial charge on any atom is -0.459 e. The van der Waals surface area contributed by atoms with Crippen LogP contribution in [0.1, 0.15) is 47.5 Å². The van der Waals surface area contributed by atoms with Crippen LogP contribution in [0.5, 0.6) is 0 Å². The number of ether oxygens (including phenoxy) is 1. The van der Waals surface area contributed by atoms with Crippen molar-refractivity contribution < 1.29 is 13.9 Å². The van der Waals surface area contributed by atoms with E-state index in [2.05, 4.69) is 14.8 Å². The van der Waals surface area contributed by atoms with Crippen LogP contribution in [-0.2, 0) is 24.3 Å². The van der Waals surface area contributed by atoms with Gasteiger partial charge in [0, 0.05) is 37.7 Å². The topological polar surface area (TPSA) is 73.4 Å². The van der Waals surface area contributed by atoms with E-state index in [0.717, 1.165) is 29.7 Å². The summed E-state index contributed by atoms with van der Waals surface area (Å²) in [5.41, 5.74) is 0.870. The van der Waals surface area contributed by atoms with Gasteiger partial charge in [-0.2, -0.15) is 0 Å². The van der Waals surface area contributed by atoms with Gasteiger partial charge in [-0.25, -0.2) is 0 Å². The van der Waals surface area contributed by atoms with Gasteiger partial charge in [-0.3, -0.25) is 4.79 Å². The third kappa shape index (κ3) is 3.33. The van der Waals surface area contributed by atoms with Gasteiger partial charge in [0.25, 0.3) is 5.91 Å². The van der Waals surface area contributed by atoms with Crippen LogP contribution in [0.4, 0.5) is 0 Å². The molecule has 134 valence electrons. The molecule has 0 radical (unpaired) electrons. The van der Waals surface area contributed by atoms with Crippen molar-refractivity contribution in [2.75, 3.05) is 13.2 Å². The molecule has 0 aromatic carbocycles. The van der Waals surface area contributed by atoms with E-state index in [1.807, 2.05) is 24.8 Å². The Kier molecular flexibility index (Phi) is 4.33. The minimum atomic E-state index is -0.0553. The molecule has 25 heavy (non-hydrogen) atoms. The van der Waals surface area contributed by atoms with Crippen LogP contribution < -0.4 is 0 Å². The maximum atomic E-state index is 12.8. The molecule has 0 spiro atoms. The van der Waals surface area contributed by atoms with Gasteiger partial charge in [0.2, 0.25) is 0 Å². The normalized spacial score (nSPS) is 20.4. The number of hydrogen-bond donors (Lipinski definition) is 0. The number of carbonyl (C=O) groups excluding carboxylic acids is 1. The van der Waals surface area contributed by atoms with E-state index in [0.29, 0.717) is 31.9 Å².